The molecule has 0 unspecified atom stereocenters. The van der Waals surface area contributed by atoms with Crippen LogP contribution in [0.4, 0.5) is 8.78 Å². The number of benzene rings is 2. The van der Waals surface area contributed by atoms with Crippen molar-refractivity contribution in [3.8, 4) is 0 Å². The van der Waals surface area contributed by atoms with E-state index in [-0.39, 0.29) is 18.0 Å². The van der Waals surface area contributed by atoms with Crippen LogP contribution in [0.1, 0.15) is 21.5 Å². The highest BCUT2D eigenvalue weighted by atomic mass is 19.1. The number of hydrogen-bond donors (Lipinski definition) is 1. The molecule has 2 amide bonds. The highest BCUT2D eigenvalue weighted by Gasteiger charge is 2.22. The molecule has 2 aromatic rings. The molecule has 1 saturated heterocycles. The van der Waals surface area contributed by atoms with Gasteiger partial charge >= 0.3 is 0 Å². The van der Waals surface area contributed by atoms with Crippen LogP contribution < -0.4 is 5.32 Å². The minimum atomic E-state index is -0.949. The fraction of sp³-hybridized carbons (Fsp3) is 0.333. The number of carbonyl (C=O) groups is 2. The molecule has 0 atom stereocenters. The molecule has 1 fully saturated rings. The van der Waals surface area contributed by atoms with E-state index in [4.69, 9.17) is 0 Å². The summed E-state index contributed by atoms with van der Waals surface area (Å²) in [6.07, 6.45) is 0. The third-order valence-electron chi connectivity index (χ3n) is 4.96. The standard InChI is InChI=1S/C21H23F2N3O2/c1-15-4-2-3-5-16(15)14-25-8-10-26(11-9-25)20(27)13-24-21(28)18-7-6-17(22)12-19(18)23/h2-7,12H,8-11,13-14H2,1H3,(H,24,28). The third kappa shape index (κ3) is 4.92. The van der Waals surface area contributed by atoms with Gasteiger partial charge in [-0.3, -0.25) is 14.5 Å². The maximum Gasteiger partial charge on any atom is 0.254 e. The molecule has 1 aliphatic heterocycles. The molecule has 0 aromatic heterocycles. The quantitative estimate of drug-likeness (QED) is 0.857. The lowest BCUT2D eigenvalue weighted by Gasteiger charge is -2.35. The SMILES string of the molecule is Cc1ccccc1CN1CCN(C(=O)CNC(=O)c2ccc(F)cc2F)CC1. The fourth-order valence-corrected chi connectivity index (χ4v) is 3.22. The van der Waals surface area contributed by atoms with Crippen LogP contribution in [-0.4, -0.2) is 54.3 Å². The number of aryl methyl sites for hydroxylation is 1. The summed E-state index contributed by atoms with van der Waals surface area (Å²) in [6.45, 7) is 5.36. The van der Waals surface area contributed by atoms with Gasteiger partial charge < -0.3 is 10.2 Å². The Balaban J connectivity index is 1.46. The molecule has 148 valence electrons. The average Bonchev–Trinajstić information content (AvgIpc) is 2.68. The second-order valence-corrected chi connectivity index (χ2v) is 6.89. The van der Waals surface area contributed by atoms with Gasteiger partial charge in [-0.05, 0) is 30.2 Å². The highest BCUT2D eigenvalue weighted by Crippen LogP contribution is 2.13. The number of halogens is 2. The van der Waals surface area contributed by atoms with Crippen molar-refractivity contribution in [3.63, 3.8) is 0 Å². The summed E-state index contributed by atoms with van der Waals surface area (Å²) in [4.78, 5) is 28.3. The van der Waals surface area contributed by atoms with Gasteiger partial charge in [-0.15, -0.1) is 0 Å². The fourth-order valence-electron chi connectivity index (χ4n) is 3.22. The Morgan fingerprint density at radius 3 is 2.43 bits per heavy atom. The average molecular weight is 387 g/mol. The van der Waals surface area contributed by atoms with Crippen molar-refractivity contribution in [3.05, 3.63) is 70.8 Å². The van der Waals surface area contributed by atoms with Crippen molar-refractivity contribution in [2.24, 2.45) is 0 Å². The van der Waals surface area contributed by atoms with Crippen molar-refractivity contribution in [2.75, 3.05) is 32.7 Å². The first-order valence-corrected chi connectivity index (χ1v) is 9.22. The number of nitrogens with zero attached hydrogens (tertiary/aromatic N) is 2. The Kier molecular flexibility index (Phi) is 6.36. The molecule has 5 nitrogen and oxygen atoms in total. The van der Waals surface area contributed by atoms with Gasteiger partial charge in [-0.25, -0.2) is 8.78 Å². The highest BCUT2D eigenvalue weighted by molar-refractivity contribution is 5.96. The van der Waals surface area contributed by atoms with Gasteiger partial charge in [0.2, 0.25) is 5.91 Å². The lowest BCUT2D eigenvalue weighted by atomic mass is 10.1. The van der Waals surface area contributed by atoms with Crippen LogP contribution in [0.3, 0.4) is 0 Å². The second-order valence-electron chi connectivity index (χ2n) is 6.89. The first-order chi connectivity index (χ1) is 13.4. The molecule has 0 saturated carbocycles. The van der Waals surface area contributed by atoms with Gasteiger partial charge in [0.1, 0.15) is 11.6 Å². The molecular formula is C21H23F2N3O2. The molecule has 0 spiro atoms. The van der Waals surface area contributed by atoms with E-state index in [0.29, 0.717) is 19.2 Å². The monoisotopic (exact) mass is 387 g/mol. The van der Waals surface area contributed by atoms with E-state index in [1.807, 2.05) is 12.1 Å². The number of nitrogens with one attached hydrogen (secondary N) is 1. The zero-order valence-corrected chi connectivity index (χ0v) is 15.8. The summed E-state index contributed by atoms with van der Waals surface area (Å²) >= 11 is 0. The first kappa shape index (κ1) is 19.9. The van der Waals surface area contributed by atoms with E-state index in [1.165, 1.54) is 11.1 Å². The summed E-state index contributed by atoms with van der Waals surface area (Å²) in [6, 6.07) is 10.9. The predicted octanol–water partition coefficient (Wildman–Crippen LogP) is 2.35. The predicted molar refractivity (Wildman–Crippen MR) is 102 cm³/mol. The molecule has 1 aliphatic rings. The summed E-state index contributed by atoms with van der Waals surface area (Å²) in [5.41, 5.74) is 2.24. The third-order valence-corrected chi connectivity index (χ3v) is 4.96. The minimum absolute atomic E-state index is 0.215. The zero-order chi connectivity index (χ0) is 20.1. The van der Waals surface area contributed by atoms with Crippen LogP contribution in [0.2, 0.25) is 0 Å². The topological polar surface area (TPSA) is 52.6 Å². The van der Waals surface area contributed by atoms with Gasteiger partial charge in [0.05, 0.1) is 12.1 Å². The molecule has 3 rings (SSSR count). The largest absolute Gasteiger partial charge is 0.343 e. The molecule has 1 N–H and O–H groups in total. The van der Waals surface area contributed by atoms with E-state index in [2.05, 4.69) is 29.3 Å². The Morgan fingerprint density at radius 2 is 1.75 bits per heavy atom. The zero-order valence-electron chi connectivity index (χ0n) is 15.8. The smallest absolute Gasteiger partial charge is 0.254 e. The van der Waals surface area contributed by atoms with Gasteiger partial charge in [0.25, 0.3) is 5.91 Å². The molecular weight excluding hydrogens is 364 g/mol. The van der Waals surface area contributed by atoms with Crippen LogP contribution in [0, 0.1) is 18.6 Å². The van der Waals surface area contributed by atoms with Crippen molar-refractivity contribution in [1.82, 2.24) is 15.1 Å². The minimum Gasteiger partial charge on any atom is -0.343 e. The summed E-state index contributed by atoms with van der Waals surface area (Å²) in [7, 11) is 0. The molecule has 28 heavy (non-hydrogen) atoms. The Labute approximate surface area is 162 Å². The Bertz CT molecular complexity index is 864. The van der Waals surface area contributed by atoms with Crippen molar-refractivity contribution in [1.29, 1.82) is 0 Å². The molecule has 2 aromatic carbocycles. The van der Waals surface area contributed by atoms with Crippen LogP contribution >= 0.6 is 0 Å². The van der Waals surface area contributed by atoms with Gasteiger partial charge in [-0.1, -0.05) is 24.3 Å². The lowest BCUT2D eigenvalue weighted by Crippen LogP contribution is -2.50. The van der Waals surface area contributed by atoms with Crippen LogP contribution in [0.25, 0.3) is 0 Å². The van der Waals surface area contributed by atoms with Crippen LogP contribution in [0.15, 0.2) is 42.5 Å². The first-order valence-electron chi connectivity index (χ1n) is 9.22. The number of amides is 2. The lowest BCUT2D eigenvalue weighted by molar-refractivity contribution is -0.131. The van der Waals surface area contributed by atoms with Gasteiger partial charge in [-0.2, -0.15) is 0 Å². The van der Waals surface area contributed by atoms with Gasteiger partial charge in [0.15, 0.2) is 0 Å². The maximum atomic E-state index is 13.6. The Morgan fingerprint density at radius 1 is 1.04 bits per heavy atom. The molecule has 7 heteroatoms. The normalized spacial score (nSPS) is 14.8. The van der Waals surface area contributed by atoms with Gasteiger partial charge in [0, 0.05) is 38.8 Å². The van der Waals surface area contributed by atoms with Crippen LogP contribution in [-0.2, 0) is 11.3 Å². The van der Waals surface area contributed by atoms with E-state index >= 15 is 0 Å². The summed E-state index contributed by atoms with van der Waals surface area (Å²) in [5.74, 6) is -2.65. The summed E-state index contributed by atoms with van der Waals surface area (Å²) < 4.78 is 26.6. The number of carbonyl (C=O) groups excluding carboxylic acids is 2. The maximum absolute atomic E-state index is 13.6. The molecule has 1 heterocycles. The Hall–Kier alpha value is -2.80. The van der Waals surface area contributed by atoms with Crippen LogP contribution in [0.5, 0.6) is 0 Å². The van der Waals surface area contributed by atoms with Crippen molar-refractivity contribution >= 4 is 11.8 Å². The molecule has 0 radical (unpaired) electrons. The molecule has 0 bridgehead atoms. The van der Waals surface area contributed by atoms with Crippen molar-refractivity contribution < 1.29 is 18.4 Å². The summed E-state index contributed by atoms with van der Waals surface area (Å²) in [5, 5.41) is 2.41. The van der Waals surface area contributed by atoms with Crippen molar-refractivity contribution in [2.45, 2.75) is 13.5 Å². The number of hydrogen-bond acceptors (Lipinski definition) is 3. The number of piperazine rings is 1. The number of rotatable bonds is 5. The van der Waals surface area contributed by atoms with E-state index in [1.54, 1.807) is 4.90 Å². The second kappa shape index (κ2) is 8.93. The van der Waals surface area contributed by atoms with E-state index in [9.17, 15) is 18.4 Å². The molecule has 0 aliphatic carbocycles. The van der Waals surface area contributed by atoms with E-state index < -0.39 is 17.5 Å². The van der Waals surface area contributed by atoms with E-state index in [0.717, 1.165) is 31.8 Å².